The van der Waals surface area contributed by atoms with Crippen molar-refractivity contribution in [3.63, 3.8) is 0 Å². The molecule has 180 valence electrons. The quantitative estimate of drug-likeness (QED) is 0.407. The van der Waals surface area contributed by atoms with Crippen molar-refractivity contribution in [2.75, 3.05) is 31.5 Å². The lowest BCUT2D eigenvalue weighted by Gasteiger charge is -2.34. The van der Waals surface area contributed by atoms with Crippen molar-refractivity contribution in [2.45, 2.75) is 25.9 Å². The largest absolute Gasteiger partial charge is 0.365 e. The minimum atomic E-state index is 0.151. The van der Waals surface area contributed by atoms with Gasteiger partial charge >= 0.3 is 0 Å². The molecule has 2 aromatic heterocycles. The number of halogens is 1. The fourth-order valence-corrected chi connectivity index (χ4v) is 4.38. The molecule has 0 saturated carbocycles. The summed E-state index contributed by atoms with van der Waals surface area (Å²) in [5.41, 5.74) is 3.08. The Bertz CT molecular complexity index is 1270. The number of nitrogens with one attached hydrogen (secondary N) is 1. The summed E-state index contributed by atoms with van der Waals surface area (Å²) in [6, 6.07) is 21.9. The zero-order valence-corrected chi connectivity index (χ0v) is 20.2. The predicted molar refractivity (Wildman–Crippen MR) is 136 cm³/mol. The number of rotatable bonds is 8. The molecule has 0 unspecified atom stereocenters. The van der Waals surface area contributed by atoms with Crippen LogP contribution < -0.4 is 5.32 Å². The molecule has 1 aliphatic rings. The maximum atomic E-state index is 12.9. The number of carbonyl (C=O) groups excluding carboxylic acids is 1. The van der Waals surface area contributed by atoms with Gasteiger partial charge < -0.3 is 10.2 Å². The first-order valence-corrected chi connectivity index (χ1v) is 12.3. The summed E-state index contributed by atoms with van der Waals surface area (Å²) in [6.07, 6.45) is 0.890. The van der Waals surface area contributed by atoms with E-state index in [1.54, 1.807) is 4.52 Å². The Labute approximate surface area is 209 Å². The van der Waals surface area contributed by atoms with Gasteiger partial charge in [-0.05, 0) is 35.4 Å². The lowest BCUT2D eigenvalue weighted by Crippen LogP contribution is -2.48. The zero-order chi connectivity index (χ0) is 24.0. The molecule has 5 rings (SSSR count). The molecule has 1 amide bonds. The Kier molecular flexibility index (Phi) is 7.20. The summed E-state index contributed by atoms with van der Waals surface area (Å²) in [5.74, 6) is 1.55. The molecule has 2 aromatic carbocycles. The lowest BCUT2D eigenvalue weighted by molar-refractivity contribution is -0.133. The first kappa shape index (κ1) is 23.3. The second kappa shape index (κ2) is 10.8. The number of carbonyl (C=O) groups is 1. The molecular formula is C26H28ClN7O. The number of aromatic nitrogens is 4. The molecule has 3 heterocycles. The molecule has 0 atom stereocenters. The lowest BCUT2D eigenvalue weighted by atomic mass is 10.2. The molecular weight excluding hydrogens is 462 g/mol. The molecule has 1 N–H and O–H groups in total. The minimum absolute atomic E-state index is 0.151. The summed E-state index contributed by atoms with van der Waals surface area (Å²) in [4.78, 5) is 17.2. The highest BCUT2D eigenvalue weighted by Crippen LogP contribution is 2.14. The Balaban J connectivity index is 1.13. The fraction of sp³-hybridized carbons (Fsp3) is 0.308. The third-order valence-corrected chi connectivity index (χ3v) is 6.50. The normalized spacial score (nSPS) is 14.4. The number of anilines is 1. The maximum absolute atomic E-state index is 12.9. The Morgan fingerprint density at radius 1 is 0.886 bits per heavy atom. The molecule has 1 fully saturated rings. The number of hydrogen-bond donors (Lipinski definition) is 1. The van der Waals surface area contributed by atoms with Gasteiger partial charge in [0.2, 0.25) is 5.91 Å². The van der Waals surface area contributed by atoms with Crippen molar-refractivity contribution in [3.05, 3.63) is 88.7 Å². The van der Waals surface area contributed by atoms with Crippen LogP contribution in [0, 0.1) is 0 Å². The highest BCUT2D eigenvalue weighted by Gasteiger charge is 2.21. The smallest absolute Gasteiger partial charge is 0.223 e. The summed E-state index contributed by atoms with van der Waals surface area (Å²) < 4.78 is 1.72. The SMILES string of the molecule is O=C(CCc1nnc2ccc(NCc3ccc(Cl)cc3)nn12)N1CCN(Cc2ccccc2)CC1. The summed E-state index contributed by atoms with van der Waals surface area (Å²) >= 11 is 5.96. The highest BCUT2D eigenvalue weighted by atomic mass is 35.5. The van der Waals surface area contributed by atoms with Gasteiger partial charge in [0.15, 0.2) is 11.5 Å². The van der Waals surface area contributed by atoms with Gasteiger partial charge in [0.25, 0.3) is 0 Å². The molecule has 0 bridgehead atoms. The predicted octanol–water partition coefficient (Wildman–Crippen LogP) is 3.67. The molecule has 0 spiro atoms. The van der Waals surface area contributed by atoms with Gasteiger partial charge in [0.1, 0.15) is 5.82 Å². The molecule has 0 radical (unpaired) electrons. The van der Waals surface area contributed by atoms with Crippen molar-refractivity contribution in [1.82, 2.24) is 29.6 Å². The number of aryl methyl sites for hydroxylation is 1. The van der Waals surface area contributed by atoms with Crippen LogP contribution in [0.15, 0.2) is 66.7 Å². The van der Waals surface area contributed by atoms with Gasteiger partial charge in [-0.15, -0.1) is 15.3 Å². The Morgan fingerprint density at radius 3 is 2.43 bits per heavy atom. The third kappa shape index (κ3) is 5.96. The molecule has 9 heteroatoms. The van der Waals surface area contributed by atoms with Crippen LogP contribution in [0.25, 0.3) is 5.65 Å². The fourth-order valence-electron chi connectivity index (χ4n) is 4.25. The molecule has 8 nitrogen and oxygen atoms in total. The number of piperazine rings is 1. The van der Waals surface area contributed by atoms with Gasteiger partial charge in [-0.1, -0.05) is 54.1 Å². The summed E-state index contributed by atoms with van der Waals surface area (Å²) in [5, 5.41) is 17.1. The van der Waals surface area contributed by atoms with Gasteiger partial charge in [0.05, 0.1) is 0 Å². The van der Waals surface area contributed by atoms with Crippen LogP contribution in [0.3, 0.4) is 0 Å². The van der Waals surface area contributed by atoms with Crippen molar-refractivity contribution < 1.29 is 4.79 Å². The molecule has 1 saturated heterocycles. The zero-order valence-electron chi connectivity index (χ0n) is 19.5. The second-order valence-corrected chi connectivity index (χ2v) is 9.16. The van der Waals surface area contributed by atoms with Gasteiger partial charge in [-0.25, -0.2) is 0 Å². The van der Waals surface area contributed by atoms with E-state index in [1.165, 1.54) is 5.56 Å². The van der Waals surface area contributed by atoms with Crippen molar-refractivity contribution >= 4 is 29.0 Å². The van der Waals surface area contributed by atoms with Crippen LogP contribution in [-0.2, 0) is 24.3 Å². The van der Waals surface area contributed by atoms with Crippen LogP contribution in [-0.4, -0.2) is 61.7 Å². The van der Waals surface area contributed by atoms with E-state index in [-0.39, 0.29) is 5.91 Å². The maximum Gasteiger partial charge on any atom is 0.223 e. The molecule has 0 aliphatic carbocycles. The van der Waals surface area contributed by atoms with Gasteiger partial charge in [-0.3, -0.25) is 9.69 Å². The Morgan fingerprint density at radius 2 is 1.66 bits per heavy atom. The van der Waals surface area contributed by atoms with E-state index in [4.69, 9.17) is 11.6 Å². The monoisotopic (exact) mass is 489 g/mol. The average Bonchev–Trinajstić information content (AvgIpc) is 3.30. The van der Waals surface area contributed by atoms with E-state index in [2.05, 4.69) is 49.8 Å². The summed E-state index contributed by atoms with van der Waals surface area (Å²) in [6.45, 7) is 4.83. The van der Waals surface area contributed by atoms with Crippen molar-refractivity contribution in [3.8, 4) is 0 Å². The molecule has 4 aromatic rings. The first-order chi connectivity index (χ1) is 17.1. The number of benzene rings is 2. The third-order valence-electron chi connectivity index (χ3n) is 6.25. The van der Waals surface area contributed by atoms with E-state index < -0.39 is 0 Å². The van der Waals surface area contributed by atoms with E-state index >= 15 is 0 Å². The number of hydrogen-bond acceptors (Lipinski definition) is 6. The number of fused-ring (bicyclic) bond motifs is 1. The van der Waals surface area contributed by atoms with Crippen LogP contribution >= 0.6 is 11.6 Å². The van der Waals surface area contributed by atoms with Gasteiger partial charge in [0, 0.05) is 57.1 Å². The van der Waals surface area contributed by atoms with E-state index in [1.807, 2.05) is 47.4 Å². The summed E-state index contributed by atoms with van der Waals surface area (Å²) in [7, 11) is 0. The highest BCUT2D eigenvalue weighted by molar-refractivity contribution is 6.30. The van der Waals surface area contributed by atoms with Crippen LogP contribution in [0.2, 0.25) is 5.02 Å². The van der Waals surface area contributed by atoms with Crippen molar-refractivity contribution in [2.24, 2.45) is 0 Å². The topological polar surface area (TPSA) is 78.7 Å². The van der Waals surface area contributed by atoms with E-state index in [0.717, 1.165) is 44.1 Å². The molecule has 35 heavy (non-hydrogen) atoms. The number of amides is 1. The minimum Gasteiger partial charge on any atom is -0.365 e. The van der Waals surface area contributed by atoms with E-state index in [9.17, 15) is 4.79 Å². The van der Waals surface area contributed by atoms with Gasteiger partial charge in [-0.2, -0.15) is 4.52 Å². The number of nitrogens with zero attached hydrogens (tertiary/aromatic N) is 6. The standard InChI is InChI=1S/C26H28ClN7O/c27-22-8-6-20(7-9-22)18-28-23-10-11-24-29-30-25(34(24)31-23)12-13-26(35)33-16-14-32(15-17-33)19-21-4-2-1-3-5-21/h1-11H,12-19H2,(H,28,31). The Hall–Kier alpha value is -3.49. The van der Waals surface area contributed by atoms with Crippen LogP contribution in [0.1, 0.15) is 23.4 Å². The average molecular weight is 490 g/mol. The van der Waals surface area contributed by atoms with Crippen molar-refractivity contribution in [1.29, 1.82) is 0 Å². The van der Waals surface area contributed by atoms with E-state index in [0.29, 0.717) is 35.9 Å². The molecule has 1 aliphatic heterocycles. The first-order valence-electron chi connectivity index (χ1n) is 11.9. The van der Waals surface area contributed by atoms with Crippen LogP contribution in [0.4, 0.5) is 5.82 Å². The van der Waals surface area contributed by atoms with Crippen LogP contribution in [0.5, 0.6) is 0 Å². The second-order valence-electron chi connectivity index (χ2n) is 8.73.